The van der Waals surface area contributed by atoms with E-state index < -0.39 is 0 Å². The molecule has 0 radical (unpaired) electrons. The molecule has 1 aliphatic heterocycles. The summed E-state index contributed by atoms with van der Waals surface area (Å²) >= 11 is 0. The smallest absolute Gasteiger partial charge is 0.328 e. The summed E-state index contributed by atoms with van der Waals surface area (Å²) in [6.45, 7) is 0.0510. The Balaban J connectivity index is 1.97. The normalized spacial score (nSPS) is 14.5. The molecule has 5 heteroatoms. The summed E-state index contributed by atoms with van der Waals surface area (Å²) < 4.78 is 19.2. The summed E-state index contributed by atoms with van der Waals surface area (Å²) in [5, 5.41) is 0. The number of ether oxygens (including phenoxy) is 1. The average molecular weight is 284 g/mol. The fraction of sp³-hybridized carbons (Fsp3) is 0.125. The van der Waals surface area contributed by atoms with Gasteiger partial charge in [-0.05, 0) is 12.1 Å². The molecule has 0 spiro atoms. The number of nitrogens with zero attached hydrogens (tertiary/aromatic N) is 1. The number of hydrogen-bond donors (Lipinski definition) is 1. The molecule has 4 nitrogen and oxygen atoms in total. The maximum Gasteiger partial charge on any atom is 0.328 e. The van der Waals surface area contributed by atoms with Gasteiger partial charge in [0.25, 0.3) is 0 Å². The van der Waals surface area contributed by atoms with Crippen LogP contribution in [0.1, 0.15) is 5.56 Å². The highest BCUT2D eigenvalue weighted by Crippen LogP contribution is 2.28. The lowest BCUT2D eigenvalue weighted by Crippen LogP contribution is -2.23. The van der Waals surface area contributed by atoms with Crippen LogP contribution < -0.4 is 5.73 Å². The molecule has 0 aromatic heterocycles. The van der Waals surface area contributed by atoms with Crippen LogP contribution in [0.3, 0.4) is 0 Å². The Morgan fingerprint density at radius 1 is 1.14 bits per heavy atom. The van der Waals surface area contributed by atoms with E-state index in [0.29, 0.717) is 28.1 Å². The Bertz CT molecular complexity index is 741. The van der Waals surface area contributed by atoms with Crippen LogP contribution in [0.25, 0.3) is 11.1 Å². The first kappa shape index (κ1) is 13.3. The number of esters is 1. The van der Waals surface area contributed by atoms with E-state index in [-0.39, 0.29) is 24.9 Å². The van der Waals surface area contributed by atoms with Gasteiger partial charge in [-0.2, -0.15) is 0 Å². The molecule has 1 heterocycles. The zero-order valence-corrected chi connectivity index (χ0v) is 11.2. The van der Waals surface area contributed by atoms with Crippen molar-refractivity contribution >= 4 is 17.4 Å². The molecule has 2 N–H and O–H groups in total. The van der Waals surface area contributed by atoms with Gasteiger partial charge >= 0.3 is 5.97 Å². The van der Waals surface area contributed by atoms with Crippen LogP contribution in [0.2, 0.25) is 0 Å². The average Bonchev–Trinajstić information content (AvgIpc) is 2.49. The number of hydrogen-bond acceptors (Lipinski definition) is 4. The number of carbonyl (C=O) groups is 1. The monoisotopic (exact) mass is 284 g/mol. The van der Waals surface area contributed by atoms with Crippen LogP contribution in [0.5, 0.6) is 0 Å². The van der Waals surface area contributed by atoms with Gasteiger partial charge in [-0.25, -0.2) is 4.39 Å². The highest BCUT2D eigenvalue weighted by molar-refractivity contribution is 6.04. The van der Waals surface area contributed by atoms with Gasteiger partial charge < -0.3 is 10.5 Å². The van der Waals surface area contributed by atoms with Crippen molar-refractivity contribution in [2.45, 2.75) is 0 Å². The SMILES string of the molecule is Nc1ccccc1-c1ccc(C2=NCC(=O)OC2)cc1F. The second-order valence-corrected chi connectivity index (χ2v) is 4.71. The Labute approximate surface area is 121 Å². The molecule has 106 valence electrons. The maximum atomic E-state index is 14.3. The molecular formula is C16H13FN2O2. The molecular weight excluding hydrogens is 271 g/mol. The number of carbonyl (C=O) groups excluding carboxylic acids is 1. The van der Waals surface area contributed by atoms with Gasteiger partial charge in [0.1, 0.15) is 19.0 Å². The third-order valence-electron chi connectivity index (χ3n) is 3.32. The highest BCUT2D eigenvalue weighted by Gasteiger charge is 2.16. The standard InChI is InChI=1S/C16H13FN2O2/c17-13-7-10(15-9-21-16(20)8-19-15)5-6-11(13)12-3-1-2-4-14(12)18/h1-7H,8-9,18H2. The lowest BCUT2D eigenvalue weighted by Gasteiger charge is -2.14. The van der Waals surface area contributed by atoms with Gasteiger partial charge in [0, 0.05) is 22.4 Å². The van der Waals surface area contributed by atoms with Crippen molar-refractivity contribution in [3.05, 3.63) is 53.8 Å². The molecule has 2 aromatic carbocycles. The molecule has 0 saturated carbocycles. The van der Waals surface area contributed by atoms with Gasteiger partial charge in [-0.3, -0.25) is 9.79 Å². The van der Waals surface area contributed by atoms with Crippen molar-refractivity contribution < 1.29 is 13.9 Å². The van der Waals surface area contributed by atoms with Crippen molar-refractivity contribution in [2.24, 2.45) is 4.99 Å². The van der Waals surface area contributed by atoms with Crippen molar-refractivity contribution in [3.8, 4) is 11.1 Å². The Morgan fingerprint density at radius 3 is 2.62 bits per heavy atom. The summed E-state index contributed by atoms with van der Waals surface area (Å²) in [5.74, 6) is -0.752. The first-order chi connectivity index (χ1) is 10.1. The minimum atomic E-state index is -0.384. The van der Waals surface area contributed by atoms with E-state index in [1.807, 2.05) is 6.07 Å². The van der Waals surface area contributed by atoms with Gasteiger partial charge in [-0.1, -0.05) is 30.3 Å². The molecule has 3 rings (SSSR count). The quantitative estimate of drug-likeness (QED) is 0.680. The first-order valence-corrected chi connectivity index (χ1v) is 6.49. The second-order valence-electron chi connectivity index (χ2n) is 4.71. The fourth-order valence-electron chi connectivity index (χ4n) is 2.23. The summed E-state index contributed by atoms with van der Waals surface area (Å²) in [7, 11) is 0. The summed E-state index contributed by atoms with van der Waals surface area (Å²) in [5.41, 5.74) is 8.66. The van der Waals surface area contributed by atoms with Crippen LogP contribution in [0.4, 0.5) is 10.1 Å². The van der Waals surface area contributed by atoms with Gasteiger partial charge in [0.2, 0.25) is 0 Å². The molecule has 0 saturated heterocycles. The second kappa shape index (κ2) is 5.36. The van der Waals surface area contributed by atoms with E-state index in [4.69, 9.17) is 10.5 Å². The summed E-state index contributed by atoms with van der Waals surface area (Å²) in [6.07, 6.45) is 0. The third-order valence-corrected chi connectivity index (χ3v) is 3.32. The highest BCUT2D eigenvalue weighted by atomic mass is 19.1. The zero-order valence-electron chi connectivity index (χ0n) is 11.2. The maximum absolute atomic E-state index is 14.3. The zero-order chi connectivity index (χ0) is 14.8. The van der Waals surface area contributed by atoms with Crippen molar-refractivity contribution in [3.63, 3.8) is 0 Å². The Morgan fingerprint density at radius 2 is 1.95 bits per heavy atom. The van der Waals surface area contributed by atoms with Gasteiger partial charge in [-0.15, -0.1) is 0 Å². The van der Waals surface area contributed by atoms with E-state index in [1.165, 1.54) is 6.07 Å². The molecule has 0 amide bonds. The molecule has 0 unspecified atom stereocenters. The van der Waals surface area contributed by atoms with Crippen molar-refractivity contribution in [1.82, 2.24) is 0 Å². The largest absolute Gasteiger partial charge is 0.458 e. The summed E-state index contributed by atoms with van der Waals surface area (Å²) in [4.78, 5) is 15.1. The number of aliphatic imine (C=N–C) groups is 1. The number of nitrogens with two attached hydrogens (primary N) is 1. The van der Waals surface area contributed by atoms with Crippen LogP contribution >= 0.6 is 0 Å². The lowest BCUT2D eigenvalue weighted by atomic mass is 10.00. The van der Waals surface area contributed by atoms with Gasteiger partial charge in [0.15, 0.2) is 0 Å². The van der Waals surface area contributed by atoms with E-state index in [1.54, 1.807) is 30.3 Å². The van der Waals surface area contributed by atoms with E-state index in [2.05, 4.69) is 4.99 Å². The Hall–Kier alpha value is -2.69. The van der Waals surface area contributed by atoms with Crippen molar-refractivity contribution in [1.29, 1.82) is 0 Å². The Kier molecular flexibility index (Phi) is 3.39. The van der Waals surface area contributed by atoms with E-state index in [0.717, 1.165) is 0 Å². The molecule has 0 aliphatic carbocycles. The number of halogens is 1. The number of rotatable bonds is 2. The molecule has 1 aliphatic rings. The van der Waals surface area contributed by atoms with E-state index >= 15 is 0 Å². The third kappa shape index (κ3) is 2.63. The predicted octanol–water partition coefficient (Wildman–Crippen LogP) is 2.42. The molecule has 0 fully saturated rings. The number of cyclic esters (lactones) is 1. The number of para-hydroxylation sites is 1. The molecule has 2 aromatic rings. The number of nitrogen functional groups attached to an aromatic ring is 1. The topological polar surface area (TPSA) is 64.7 Å². The molecule has 0 bridgehead atoms. The van der Waals surface area contributed by atoms with Crippen LogP contribution in [0.15, 0.2) is 47.5 Å². The van der Waals surface area contributed by atoms with Crippen LogP contribution in [-0.2, 0) is 9.53 Å². The fourth-order valence-corrected chi connectivity index (χ4v) is 2.23. The number of benzene rings is 2. The minimum Gasteiger partial charge on any atom is -0.458 e. The molecule has 0 atom stereocenters. The van der Waals surface area contributed by atoms with Crippen LogP contribution in [0, 0.1) is 5.82 Å². The van der Waals surface area contributed by atoms with Gasteiger partial charge in [0.05, 0.1) is 5.71 Å². The van der Waals surface area contributed by atoms with E-state index in [9.17, 15) is 9.18 Å². The predicted molar refractivity (Wildman–Crippen MR) is 78.6 cm³/mol. The minimum absolute atomic E-state index is 0.0235. The van der Waals surface area contributed by atoms with Crippen LogP contribution in [-0.4, -0.2) is 24.8 Å². The van der Waals surface area contributed by atoms with Crippen molar-refractivity contribution in [2.75, 3.05) is 18.9 Å². The first-order valence-electron chi connectivity index (χ1n) is 6.49. The lowest BCUT2D eigenvalue weighted by molar-refractivity contribution is -0.140. The summed E-state index contributed by atoms with van der Waals surface area (Å²) in [6, 6.07) is 11.9. The number of anilines is 1. The molecule has 21 heavy (non-hydrogen) atoms.